The second kappa shape index (κ2) is 8.92. The quantitative estimate of drug-likeness (QED) is 0.411. The van der Waals surface area contributed by atoms with Gasteiger partial charge in [0.25, 0.3) is 0 Å². The van der Waals surface area contributed by atoms with Crippen LogP contribution in [-0.4, -0.2) is 42.6 Å². The minimum atomic E-state index is -1.35. The summed E-state index contributed by atoms with van der Waals surface area (Å²) in [7, 11) is 1.86. The minimum Gasteiger partial charge on any atom is -0.465 e. The highest BCUT2D eigenvalue weighted by Gasteiger charge is 2.54. The second-order valence-corrected chi connectivity index (χ2v) is 8.17. The molecule has 3 atom stereocenters. The molecule has 1 fully saturated rings. The lowest BCUT2D eigenvalue weighted by atomic mass is 9.67. The van der Waals surface area contributed by atoms with Crippen molar-refractivity contribution in [2.45, 2.75) is 33.2 Å². The van der Waals surface area contributed by atoms with Gasteiger partial charge in [0.1, 0.15) is 11.2 Å². The molecule has 5 heteroatoms. The van der Waals surface area contributed by atoms with E-state index in [9.17, 15) is 14.4 Å². The first kappa shape index (κ1) is 21.9. The molecule has 30 heavy (non-hydrogen) atoms. The predicted octanol–water partition coefficient (Wildman–Crippen LogP) is 4.01. The molecule has 0 aliphatic carbocycles. The van der Waals surface area contributed by atoms with Crippen LogP contribution in [0.4, 0.5) is 0 Å². The molecule has 2 aromatic rings. The monoisotopic (exact) mass is 407 g/mol. The van der Waals surface area contributed by atoms with Crippen LogP contribution < -0.4 is 0 Å². The van der Waals surface area contributed by atoms with E-state index in [0.717, 1.165) is 11.1 Å². The SMILES string of the molecule is CCOC(=O)C1(C(C)=O)CC(C(=O)c2ccc(C)cc2)C(c2ccccc2)N(C)C1. The Morgan fingerprint density at radius 3 is 2.27 bits per heavy atom. The molecule has 0 saturated carbocycles. The van der Waals surface area contributed by atoms with Gasteiger partial charge in [-0.25, -0.2) is 0 Å². The Labute approximate surface area is 178 Å². The van der Waals surface area contributed by atoms with E-state index in [0.29, 0.717) is 5.56 Å². The summed E-state index contributed by atoms with van der Waals surface area (Å²) in [4.78, 5) is 41.2. The molecule has 0 spiro atoms. The van der Waals surface area contributed by atoms with E-state index in [2.05, 4.69) is 0 Å². The van der Waals surface area contributed by atoms with Gasteiger partial charge < -0.3 is 4.74 Å². The number of ether oxygens (including phenoxy) is 1. The van der Waals surface area contributed by atoms with Gasteiger partial charge in [-0.3, -0.25) is 19.3 Å². The van der Waals surface area contributed by atoms with E-state index in [1.54, 1.807) is 6.92 Å². The van der Waals surface area contributed by atoms with E-state index in [1.165, 1.54) is 6.92 Å². The average Bonchev–Trinajstić information content (AvgIpc) is 2.73. The number of benzene rings is 2. The second-order valence-electron chi connectivity index (χ2n) is 8.17. The van der Waals surface area contributed by atoms with Crippen molar-refractivity contribution >= 4 is 17.5 Å². The molecule has 1 saturated heterocycles. The Morgan fingerprint density at radius 1 is 1.07 bits per heavy atom. The zero-order chi connectivity index (χ0) is 21.9. The molecule has 1 aliphatic heterocycles. The lowest BCUT2D eigenvalue weighted by Crippen LogP contribution is -2.56. The Morgan fingerprint density at radius 2 is 1.70 bits per heavy atom. The Bertz CT molecular complexity index is 922. The molecule has 0 aromatic heterocycles. The fourth-order valence-electron chi connectivity index (χ4n) is 4.50. The van der Waals surface area contributed by atoms with Gasteiger partial charge in [-0.05, 0) is 39.8 Å². The Balaban J connectivity index is 2.09. The van der Waals surface area contributed by atoms with E-state index in [1.807, 2.05) is 73.5 Å². The zero-order valence-corrected chi connectivity index (χ0v) is 18.1. The summed E-state index contributed by atoms with van der Waals surface area (Å²) in [6, 6.07) is 17.0. The molecular weight excluding hydrogens is 378 g/mol. The molecule has 158 valence electrons. The van der Waals surface area contributed by atoms with Crippen molar-refractivity contribution in [3.8, 4) is 0 Å². The smallest absolute Gasteiger partial charge is 0.320 e. The third kappa shape index (κ3) is 4.08. The van der Waals surface area contributed by atoms with Crippen molar-refractivity contribution < 1.29 is 19.1 Å². The summed E-state index contributed by atoms with van der Waals surface area (Å²) < 4.78 is 5.29. The zero-order valence-electron chi connectivity index (χ0n) is 18.1. The number of Topliss-reactive ketones (excluding diaryl/α,β-unsaturated/α-hetero) is 2. The highest BCUT2D eigenvalue weighted by molar-refractivity contribution is 6.05. The summed E-state index contributed by atoms with van der Waals surface area (Å²) >= 11 is 0. The van der Waals surface area contributed by atoms with Gasteiger partial charge in [0, 0.05) is 24.1 Å². The highest BCUT2D eigenvalue weighted by atomic mass is 16.5. The van der Waals surface area contributed by atoms with Gasteiger partial charge in [-0.1, -0.05) is 60.2 Å². The van der Waals surface area contributed by atoms with Crippen LogP contribution in [0.5, 0.6) is 0 Å². The largest absolute Gasteiger partial charge is 0.465 e. The van der Waals surface area contributed by atoms with Crippen molar-refractivity contribution in [3.63, 3.8) is 0 Å². The van der Waals surface area contributed by atoms with Gasteiger partial charge in [0.05, 0.1) is 6.61 Å². The van der Waals surface area contributed by atoms with Crippen LogP contribution in [-0.2, 0) is 14.3 Å². The summed E-state index contributed by atoms with van der Waals surface area (Å²) in [6.07, 6.45) is 0.137. The third-order valence-corrected chi connectivity index (χ3v) is 6.10. The van der Waals surface area contributed by atoms with Crippen molar-refractivity contribution in [2.24, 2.45) is 11.3 Å². The number of hydrogen-bond acceptors (Lipinski definition) is 5. The fraction of sp³-hybridized carbons (Fsp3) is 0.400. The first-order valence-corrected chi connectivity index (χ1v) is 10.3. The number of carbonyl (C=O) groups excluding carboxylic acids is 3. The Kier molecular flexibility index (Phi) is 6.52. The van der Waals surface area contributed by atoms with Crippen LogP contribution in [0.2, 0.25) is 0 Å². The molecule has 3 rings (SSSR count). The fourth-order valence-corrected chi connectivity index (χ4v) is 4.50. The molecule has 0 amide bonds. The number of piperidine rings is 1. The first-order chi connectivity index (χ1) is 14.3. The molecule has 2 aromatic carbocycles. The maximum absolute atomic E-state index is 13.6. The number of hydrogen-bond donors (Lipinski definition) is 0. The number of rotatable bonds is 6. The maximum atomic E-state index is 13.6. The van der Waals surface area contributed by atoms with Gasteiger partial charge in [0.2, 0.25) is 0 Å². The number of nitrogens with zero attached hydrogens (tertiary/aromatic N) is 1. The number of esters is 1. The van der Waals surface area contributed by atoms with E-state index >= 15 is 0 Å². The molecule has 0 bridgehead atoms. The molecule has 1 aliphatic rings. The van der Waals surface area contributed by atoms with Crippen LogP contribution in [0.25, 0.3) is 0 Å². The topological polar surface area (TPSA) is 63.7 Å². The maximum Gasteiger partial charge on any atom is 0.320 e. The van der Waals surface area contributed by atoms with E-state index in [4.69, 9.17) is 4.74 Å². The molecule has 3 unspecified atom stereocenters. The van der Waals surface area contributed by atoms with Gasteiger partial charge in [-0.15, -0.1) is 0 Å². The summed E-state index contributed by atoms with van der Waals surface area (Å²) in [5.41, 5.74) is 1.30. The first-order valence-electron chi connectivity index (χ1n) is 10.3. The van der Waals surface area contributed by atoms with Crippen molar-refractivity contribution in [1.82, 2.24) is 4.90 Å². The summed E-state index contributed by atoms with van der Waals surface area (Å²) in [5, 5.41) is 0. The third-order valence-electron chi connectivity index (χ3n) is 6.10. The van der Waals surface area contributed by atoms with Crippen LogP contribution in [0.1, 0.15) is 47.8 Å². The van der Waals surface area contributed by atoms with Crippen molar-refractivity contribution in [3.05, 3.63) is 71.3 Å². The molecular formula is C25H29NO4. The van der Waals surface area contributed by atoms with Crippen molar-refractivity contribution in [2.75, 3.05) is 20.2 Å². The summed E-state index contributed by atoms with van der Waals surface area (Å²) in [6.45, 7) is 5.52. The van der Waals surface area contributed by atoms with Gasteiger partial charge in [0.15, 0.2) is 5.78 Å². The lowest BCUT2D eigenvalue weighted by molar-refractivity contribution is -0.165. The number of carbonyl (C=O) groups is 3. The van der Waals surface area contributed by atoms with Crippen LogP contribution in [0.15, 0.2) is 54.6 Å². The molecule has 0 N–H and O–H groups in total. The molecule has 5 nitrogen and oxygen atoms in total. The number of likely N-dealkylation sites (tertiary alicyclic amines) is 1. The van der Waals surface area contributed by atoms with Crippen molar-refractivity contribution in [1.29, 1.82) is 0 Å². The molecule has 0 radical (unpaired) electrons. The van der Waals surface area contributed by atoms with Crippen LogP contribution in [0.3, 0.4) is 0 Å². The summed E-state index contributed by atoms with van der Waals surface area (Å²) in [5.74, 6) is -1.42. The molecule has 1 heterocycles. The predicted molar refractivity (Wildman–Crippen MR) is 115 cm³/mol. The lowest BCUT2D eigenvalue weighted by Gasteiger charge is -2.46. The van der Waals surface area contributed by atoms with Gasteiger partial charge >= 0.3 is 5.97 Å². The Hall–Kier alpha value is -2.79. The van der Waals surface area contributed by atoms with Gasteiger partial charge in [-0.2, -0.15) is 0 Å². The number of ketones is 2. The standard InChI is InChI=1S/C25H29NO4/c1-5-30-24(29)25(18(3)27)15-21(23(28)20-13-11-17(2)12-14-20)22(26(4)16-25)19-9-7-6-8-10-19/h6-14,21-22H,5,15-16H2,1-4H3. The average molecular weight is 408 g/mol. The normalized spacial score (nSPS) is 24.3. The van der Waals surface area contributed by atoms with Crippen LogP contribution >= 0.6 is 0 Å². The minimum absolute atomic E-state index is 0.0645. The van der Waals surface area contributed by atoms with E-state index in [-0.39, 0.29) is 37.2 Å². The highest BCUT2D eigenvalue weighted by Crippen LogP contribution is 2.45. The van der Waals surface area contributed by atoms with Crippen LogP contribution in [0, 0.1) is 18.3 Å². The number of aryl methyl sites for hydroxylation is 1. The van der Waals surface area contributed by atoms with E-state index < -0.39 is 17.3 Å².